The summed E-state index contributed by atoms with van der Waals surface area (Å²) in [5, 5.41) is 0. The Bertz CT molecular complexity index is 447. The fourth-order valence-corrected chi connectivity index (χ4v) is 2.50. The zero-order valence-electron chi connectivity index (χ0n) is 10.7. The number of hydrogen-bond donors (Lipinski definition) is 1. The molecule has 1 amide bonds. The molecule has 2 rings (SSSR count). The third kappa shape index (κ3) is 3.25. The summed E-state index contributed by atoms with van der Waals surface area (Å²) in [6.45, 7) is 3.74. The van der Waals surface area contributed by atoms with Gasteiger partial charge >= 0.3 is 0 Å². The number of carbonyl (C=O) groups is 1. The van der Waals surface area contributed by atoms with E-state index >= 15 is 0 Å². The van der Waals surface area contributed by atoms with Gasteiger partial charge in [0, 0.05) is 29.7 Å². The van der Waals surface area contributed by atoms with E-state index in [1.54, 1.807) is 0 Å². The van der Waals surface area contributed by atoms with Gasteiger partial charge in [-0.05, 0) is 52.4 Å². The van der Waals surface area contributed by atoms with Gasteiger partial charge in [-0.15, -0.1) is 0 Å². The lowest BCUT2D eigenvalue weighted by Gasteiger charge is -2.21. The predicted octanol–water partition coefficient (Wildman–Crippen LogP) is 3.18. The van der Waals surface area contributed by atoms with Crippen LogP contribution in [0.4, 0.5) is 5.69 Å². The van der Waals surface area contributed by atoms with E-state index < -0.39 is 0 Å². The van der Waals surface area contributed by atoms with Crippen molar-refractivity contribution in [1.82, 2.24) is 4.90 Å². The summed E-state index contributed by atoms with van der Waals surface area (Å²) < 4.78 is 0.905. The third-order valence-corrected chi connectivity index (χ3v) is 4.25. The number of carbonyl (C=O) groups excluding carboxylic acids is 1. The first-order valence-electron chi connectivity index (χ1n) is 6.38. The quantitative estimate of drug-likeness (QED) is 0.853. The van der Waals surface area contributed by atoms with E-state index in [9.17, 15) is 4.79 Å². The lowest BCUT2D eigenvalue weighted by molar-refractivity contribution is -0.131. The van der Waals surface area contributed by atoms with E-state index in [1.165, 1.54) is 0 Å². The minimum atomic E-state index is 0.265. The van der Waals surface area contributed by atoms with Crippen molar-refractivity contribution in [3.63, 3.8) is 0 Å². The molecule has 1 heterocycles. The highest BCUT2D eigenvalue weighted by molar-refractivity contribution is 9.10. The van der Waals surface area contributed by atoms with Crippen LogP contribution in [-0.2, 0) is 11.3 Å². The molecular weight excluding hydrogens is 292 g/mol. The van der Waals surface area contributed by atoms with Crippen LogP contribution < -0.4 is 5.73 Å². The molecular formula is C14H19BrN2O. The van der Waals surface area contributed by atoms with E-state index in [1.807, 2.05) is 23.1 Å². The number of amides is 1. The van der Waals surface area contributed by atoms with Gasteiger partial charge in [0.05, 0.1) is 0 Å². The van der Waals surface area contributed by atoms with Crippen molar-refractivity contribution in [2.24, 2.45) is 5.92 Å². The Hall–Kier alpha value is -1.03. The fourth-order valence-electron chi connectivity index (χ4n) is 2.25. The SMILES string of the molecule is CC1CCC(=O)N(Cc2ccc(Br)c(N)c2)CC1. The van der Waals surface area contributed by atoms with Crippen molar-refractivity contribution < 1.29 is 4.79 Å². The van der Waals surface area contributed by atoms with E-state index in [4.69, 9.17) is 5.73 Å². The van der Waals surface area contributed by atoms with E-state index in [0.717, 1.165) is 35.1 Å². The Morgan fingerprint density at radius 3 is 2.94 bits per heavy atom. The molecule has 18 heavy (non-hydrogen) atoms. The lowest BCUT2D eigenvalue weighted by atomic mass is 10.0. The van der Waals surface area contributed by atoms with E-state index in [-0.39, 0.29) is 5.91 Å². The largest absolute Gasteiger partial charge is 0.398 e. The second kappa shape index (κ2) is 5.74. The summed E-state index contributed by atoms with van der Waals surface area (Å²) in [5.74, 6) is 0.912. The minimum Gasteiger partial charge on any atom is -0.398 e. The zero-order valence-corrected chi connectivity index (χ0v) is 12.2. The smallest absolute Gasteiger partial charge is 0.222 e. The molecule has 4 heteroatoms. The number of halogens is 1. The molecule has 0 radical (unpaired) electrons. The van der Waals surface area contributed by atoms with Crippen LogP contribution in [0.1, 0.15) is 31.7 Å². The van der Waals surface area contributed by atoms with Gasteiger partial charge in [-0.25, -0.2) is 0 Å². The number of hydrogen-bond acceptors (Lipinski definition) is 2. The van der Waals surface area contributed by atoms with Crippen LogP contribution in [-0.4, -0.2) is 17.4 Å². The standard InChI is InChI=1S/C14H19BrN2O/c1-10-2-5-14(18)17(7-6-10)9-11-3-4-12(15)13(16)8-11/h3-4,8,10H,2,5-7,9,16H2,1H3. The van der Waals surface area contributed by atoms with Gasteiger partial charge in [0.2, 0.25) is 5.91 Å². The first-order valence-corrected chi connectivity index (χ1v) is 7.17. The van der Waals surface area contributed by atoms with Gasteiger partial charge in [0.1, 0.15) is 0 Å². The molecule has 1 aromatic carbocycles. The Morgan fingerprint density at radius 2 is 2.22 bits per heavy atom. The highest BCUT2D eigenvalue weighted by Crippen LogP contribution is 2.23. The Balaban J connectivity index is 2.07. The number of nitrogen functional groups attached to an aromatic ring is 1. The lowest BCUT2D eigenvalue weighted by Crippen LogP contribution is -2.29. The first kappa shape index (κ1) is 13.4. The summed E-state index contributed by atoms with van der Waals surface area (Å²) in [7, 11) is 0. The van der Waals surface area contributed by atoms with E-state index in [0.29, 0.717) is 18.9 Å². The predicted molar refractivity (Wildman–Crippen MR) is 77.0 cm³/mol. The van der Waals surface area contributed by atoms with Crippen molar-refractivity contribution in [1.29, 1.82) is 0 Å². The molecule has 1 fully saturated rings. The van der Waals surface area contributed by atoms with E-state index in [2.05, 4.69) is 22.9 Å². The topological polar surface area (TPSA) is 46.3 Å². The molecule has 0 spiro atoms. The zero-order chi connectivity index (χ0) is 13.1. The molecule has 3 nitrogen and oxygen atoms in total. The molecule has 2 N–H and O–H groups in total. The molecule has 1 unspecified atom stereocenters. The van der Waals surface area contributed by atoms with Crippen LogP contribution in [0.5, 0.6) is 0 Å². The molecule has 1 atom stereocenters. The molecule has 1 saturated heterocycles. The third-order valence-electron chi connectivity index (χ3n) is 3.53. The van der Waals surface area contributed by atoms with Gasteiger partial charge in [0.25, 0.3) is 0 Å². The molecule has 0 bridgehead atoms. The van der Waals surface area contributed by atoms with Crippen LogP contribution in [0, 0.1) is 5.92 Å². The van der Waals surface area contributed by atoms with Crippen LogP contribution in [0.3, 0.4) is 0 Å². The van der Waals surface area contributed by atoms with Gasteiger partial charge < -0.3 is 10.6 Å². The Morgan fingerprint density at radius 1 is 1.44 bits per heavy atom. The number of benzene rings is 1. The average Bonchev–Trinajstić information content (AvgIpc) is 2.49. The van der Waals surface area contributed by atoms with Gasteiger partial charge in [-0.3, -0.25) is 4.79 Å². The van der Waals surface area contributed by atoms with Crippen molar-refractivity contribution in [3.05, 3.63) is 28.2 Å². The molecule has 1 aliphatic heterocycles. The number of rotatable bonds is 2. The van der Waals surface area contributed by atoms with Crippen LogP contribution in [0.2, 0.25) is 0 Å². The second-order valence-electron chi connectivity index (χ2n) is 5.10. The Labute approximate surface area is 116 Å². The molecule has 0 saturated carbocycles. The van der Waals surface area contributed by atoms with Crippen molar-refractivity contribution in [2.75, 3.05) is 12.3 Å². The summed E-state index contributed by atoms with van der Waals surface area (Å²) in [6, 6.07) is 5.89. The van der Waals surface area contributed by atoms with Crippen molar-refractivity contribution in [3.8, 4) is 0 Å². The highest BCUT2D eigenvalue weighted by Gasteiger charge is 2.20. The number of nitrogens with two attached hydrogens (primary N) is 1. The Kier molecular flexibility index (Phi) is 4.27. The van der Waals surface area contributed by atoms with Crippen LogP contribution in [0.25, 0.3) is 0 Å². The molecule has 0 aliphatic carbocycles. The average molecular weight is 311 g/mol. The molecule has 1 aliphatic rings. The fraction of sp³-hybridized carbons (Fsp3) is 0.500. The number of nitrogens with zero attached hydrogens (tertiary/aromatic N) is 1. The maximum Gasteiger partial charge on any atom is 0.222 e. The van der Waals surface area contributed by atoms with Gasteiger partial charge in [-0.1, -0.05) is 13.0 Å². The van der Waals surface area contributed by atoms with Crippen molar-refractivity contribution >= 4 is 27.5 Å². The minimum absolute atomic E-state index is 0.265. The summed E-state index contributed by atoms with van der Waals surface area (Å²) in [4.78, 5) is 14.0. The summed E-state index contributed by atoms with van der Waals surface area (Å²) in [5.41, 5.74) is 7.68. The summed E-state index contributed by atoms with van der Waals surface area (Å²) in [6.07, 6.45) is 2.78. The summed E-state index contributed by atoms with van der Waals surface area (Å²) >= 11 is 3.38. The highest BCUT2D eigenvalue weighted by atomic mass is 79.9. The molecule has 98 valence electrons. The number of anilines is 1. The maximum atomic E-state index is 12.0. The molecule has 1 aromatic rings. The van der Waals surface area contributed by atoms with Crippen LogP contribution >= 0.6 is 15.9 Å². The van der Waals surface area contributed by atoms with Crippen LogP contribution in [0.15, 0.2) is 22.7 Å². The van der Waals surface area contributed by atoms with Crippen molar-refractivity contribution in [2.45, 2.75) is 32.7 Å². The van der Waals surface area contributed by atoms with Gasteiger partial charge in [-0.2, -0.15) is 0 Å². The maximum absolute atomic E-state index is 12.0. The number of likely N-dealkylation sites (tertiary alicyclic amines) is 1. The van der Waals surface area contributed by atoms with Gasteiger partial charge in [0.15, 0.2) is 0 Å². The molecule has 0 aromatic heterocycles. The normalized spacial score (nSPS) is 20.9. The second-order valence-corrected chi connectivity index (χ2v) is 5.96. The first-order chi connectivity index (χ1) is 8.56. The monoisotopic (exact) mass is 310 g/mol.